The van der Waals surface area contributed by atoms with Crippen molar-refractivity contribution in [3.63, 3.8) is 0 Å². The van der Waals surface area contributed by atoms with E-state index in [0.717, 1.165) is 22.2 Å². The molecule has 1 aromatic heterocycles. The highest BCUT2D eigenvalue weighted by molar-refractivity contribution is 5.90. The number of rotatable bonds is 3. The molecule has 0 bridgehead atoms. The number of ether oxygens (including phenoxy) is 2. The van der Waals surface area contributed by atoms with Crippen molar-refractivity contribution in [1.82, 2.24) is 10.3 Å². The average molecular weight is 334 g/mol. The number of aliphatic hydroxyl groups excluding tert-OH is 1. The minimum atomic E-state index is -0.643. The molecule has 4 atom stereocenters. The summed E-state index contributed by atoms with van der Waals surface area (Å²) in [5, 5.41) is 13.4. The fourth-order valence-electron chi connectivity index (χ4n) is 3.60. The van der Waals surface area contributed by atoms with E-state index in [0.29, 0.717) is 6.61 Å². The lowest BCUT2D eigenvalue weighted by atomic mass is 10.1. The number of carbonyl (C=O) groups is 1. The minimum absolute atomic E-state index is 0.145. The van der Waals surface area contributed by atoms with Crippen LogP contribution < -0.4 is 5.32 Å². The van der Waals surface area contributed by atoms with E-state index < -0.39 is 6.10 Å². The summed E-state index contributed by atoms with van der Waals surface area (Å²) in [6, 6.07) is 4.22. The highest BCUT2D eigenvalue weighted by atomic mass is 19.1. The second-order valence-electron chi connectivity index (χ2n) is 6.43. The van der Waals surface area contributed by atoms with Gasteiger partial charge in [-0.15, -0.1) is 0 Å². The maximum absolute atomic E-state index is 13.5. The first-order chi connectivity index (χ1) is 11.5. The van der Waals surface area contributed by atoms with Gasteiger partial charge < -0.3 is 24.9 Å². The summed E-state index contributed by atoms with van der Waals surface area (Å²) >= 11 is 0. The van der Waals surface area contributed by atoms with Crippen molar-refractivity contribution in [2.24, 2.45) is 0 Å². The zero-order valence-electron chi connectivity index (χ0n) is 13.2. The Hall–Kier alpha value is -1.96. The highest BCUT2D eigenvalue weighted by Gasteiger charge is 2.47. The molecule has 0 saturated carbocycles. The molecule has 2 saturated heterocycles. The van der Waals surface area contributed by atoms with E-state index in [1.165, 1.54) is 12.1 Å². The smallest absolute Gasteiger partial charge is 0.224 e. The fourth-order valence-corrected chi connectivity index (χ4v) is 3.60. The number of aromatic amines is 1. The van der Waals surface area contributed by atoms with Crippen LogP contribution in [0.3, 0.4) is 0 Å². The number of benzene rings is 1. The number of amides is 1. The van der Waals surface area contributed by atoms with Crippen molar-refractivity contribution in [3.8, 4) is 0 Å². The molecule has 128 valence electrons. The molecule has 3 heterocycles. The number of hydrogen-bond donors (Lipinski definition) is 3. The molecule has 3 N–H and O–H groups in total. The van der Waals surface area contributed by atoms with Gasteiger partial charge in [-0.05, 0) is 30.7 Å². The number of fused-ring (bicyclic) bond motifs is 2. The van der Waals surface area contributed by atoms with Crippen LogP contribution in [-0.2, 0) is 20.7 Å². The molecule has 2 aliphatic heterocycles. The van der Waals surface area contributed by atoms with Crippen LogP contribution in [0.25, 0.3) is 10.9 Å². The SMILES string of the molecule is Cc1[nH]c2ccc(F)cc2c1CC(=O)N[C@H]1CO[C@H]2[C@@H]1OC[C@@H]2O. The van der Waals surface area contributed by atoms with Gasteiger partial charge in [0, 0.05) is 16.6 Å². The normalized spacial score (nSPS) is 29.1. The zero-order valence-corrected chi connectivity index (χ0v) is 13.2. The zero-order chi connectivity index (χ0) is 16.8. The van der Waals surface area contributed by atoms with Gasteiger partial charge in [0.1, 0.15) is 24.1 Å². The third-order valence-corrected chi connectivity index (χ3v) is 4.79. The molecule has 4 rings (SSSR count). The predicted octanol–water partition coefficient (Wildman–Crippen LogP) is 0.801. The number of H-pyrrole nitrogens is 1. The first-order valence-corrected chi connectivity index (χ1v) is 8.00. The van der Waals surface area contributed by atoms with Gasteiger partial charge in [0.25, 0.3) is 0 Å². The molecule has 0 radical (unpaired) electrons. The predicted molar refractivity (Wildman–Crippen MR) is 84.1 cm³/mol. The van der Waals surface area contributed by atoms with Crippen LogP contribution in [0.4, 0.5) is 4.39 Å². The van der Waals surface area contributed by atoms with Crippen molar-refractivity contribution in [3.05, 3.63) is 35.3 Å². The maximum Gasteiger partial charge on any atom is 0.224 e. The van der Waals surface area contributed by atoms with Gasteiger partial charge in [-0.2, -0.15) is 0 Å². The van der Waals surface area contributed by atoms with E-state index in [2.05, 4.69) is 10.3 Å². The molecule has 1 amide bonds. The topological polar surface area (TPSA) is 83.6 Å². The standard InChI is InChI=1S/C17H19FN2O4/c1-8-10(11-4-9(18)2-3-12(11)19-8)5-15(22)20-13-6-23-17-14(21)7-24-16(13)17/h2-4,13-14,16-17,19,21H,5-7H2,1H3,(H,20,22)/t13-,14-,16+,17+/m0/s1. The van der Waals surface area contributed by atoms with Crippen molar-refractivity contribution < 1.29 is 23.8 Å². The lowest BCUT2D eigenvalue weighted by Gasteiger charge is -2.17. The summed E-state index contributed by atoms with van der Waals surface area (Å²) in [5.41, 5.74) is 2.44. The van der Waals surface area contributed by atoms with Crippen LogP contribution in [0, 0.1) is 12.7 Å². The number of aliphatic hydroxyl groups is 1. The van der Waals surface area contributed by atoms with Gasteiger partial charge in [0.15, 0.2) is 0 Å². The Bertz CT molecular complexity index is 790. The van der Waals surface area contributed by atoms with E-state index in [4.69, 9.17) is 9.47 Å². The molecule has 0 aliphatic carbocycles. The number of aryl methyl sites for hydroxylation is 1. The van der Waals surface area contributed by atoms with Crippen molar-refractivity contribution in [1.29, 1.82) is 0 Å². The second kappa shape index (κ2) is 5.84. The number of hydrogen-bond acceptors (Lipinski definition) is 4. The number of halogens is 1. The van der Waals surface area contributed by atoms with Gasteiger partial charge in [0.2, 0.25) is 5.91 Å². The molecule has 6 nitrogen and oxygen atoms in total. The van der Waals surface area contributed by atoms with Crippen LogP contribution in [-0.4, -0.2) is 53.6 Å². The minimum Gasteiger partial charge on any atom is -0.388 e. The lowest BCUT2D eigenvalue weighted by molar-refractivity contribution is -0.121. The van der Waals surface area contributed by atoms with E-state index in [9.17, 15) is 14.3 Å². The summed E-state index contributed by atoms with van der Waals surface area (Å²) < 4.78 is 24.5. The molecule has 0 spiro atoms. The quantitative estimate of drug-likeness (QED) is 0.775. The Labute approximate surface area is 137 Å². The molecular formula is C17H19FN2O4. The van der Waals surface area contributed by atoms with Gasteiger partial charge in [-0.25, -0.2) is 4.39 Å². The van der Waals surface area contributed by atoms with Crippen molar-refractivity contribution >= 4 is 16.8 Å². The number of nitrogens with one attached hydrogen (secondary N) is 2. The summed E-state index contributed by atoms with van der Waals surface area (Å²) in [6.45, 7) is 2.41. The van der Waals surface area contributed by atoms with E-state index in [-0.39, 0.29) is 43.0 Å². The molecule has 2 aromatic rings. The molecule has 2 aliphatic rings. The summed E-state index contributed by atoms with van der Waals surface area (Å²) in [6.07, 6.45) is -1.19. The Kier molecular flexibility index (Phi) is 3.79. The second-order valence-corrected chi connectivity index (χ2v) is 6.43. The van der Waals surface area contributed by atoms with Gasteiger partial charge in [0.05, 0.1) is 25.7 Å². The van der Waals surface area contributed by atoms with Gasteiger partial charge >= 0.3 is 0 Å². The maximum atomic E-state index is 13.5. The van der Waals surface area contributed by atoms with Crippen LogP contribution in [0.5, 0.6) is 0 Å². The monoisotopic (exact) mass is 334 g/mol. The molecule has 24 heavy (non-hydrogen) atoms. The number of aromatic nitrogens is 1. The van der Waals surface area contributed by atoms with E-state index >= 15 is 0 Å². The molecule has 2 fully saturated rings. The molecule has 7 heteroatoms. The summed E-state index contributed by atoms with van der Waals surface area (Å²) in [5.74, 6) is -0.508. The largest absolute Gasteiger partial charge is 0.388 e. The van der Waals surface area contributed by atoms with E-state index in [1.54, 1.807) is 6.07 Å². The third kappa shape index (κ3) is 2.58. The van der Waals surface area contributed by atoms with Crippen molar-refractivity contribution in [2.75, 3.05) is 13.2 Å². The molecular weight excluding hydrogens is 315 g/mol. The van der Waals surface area contributed by atoms with E-state index in [1.807, 2.05) is 6.92 Å². The summed E-state index contributed by atoms with van der Waals surface area (Å²) in [7, 11) is 0. The van der Waals surface area contributed by atoms with Crippen LogP contribution in [0.15, 0.2) is 18.2 Å². The van der Waals surface area contributed by atoms with Gasteiger partial charge in [-0.3, -0.25) is 4.79 Å². The molecule has 1 aromatic carbocycles. The first-order valence-electron chi connectivity index (χ1n) is 8.00. The number of carbonyl (C=O) groups excluding carboxylic acids is 1. The Morgan fingerprint density at radius 2 is 2.17 bits per heavy atom. The summed E-state index contributed by atoms with van der Waals surface area (Å²) in [4.78, 5) is 15.6. The van der Waals surface area contributed by atoms with Crippen LogP contribution in [0.1, 0.15) is 11.3 Å². The Balaban J connectivity index is 1.49. The third-order valence-electron chi connectivity index (χ3n) is 4.79. The Morgan fingerprint density at radius 1 is 1.38 bits per heavy atom. The van der Waals surface area contributed by atoms with Gasteiger partial charge in [-0.1, -0.05) is 0 Å². The van der Waals surface area contributed by atoms with Crippen LogP contribution >= 0.6 is 0 Å². The fraction of sp³-hybridized carbons (Fsp3) is 0.471. The highest BCUT2D eigenvalue weighted by Crippen LogP contribution is 2.27. The molecule has 0 unspecified atom stereocenters. The average Bonchev–Trinajstić information content (AvgIpc) is 3.18. The lowest BCUT2D eigenvalue weighted by Crippen LogP contribution is -2.44. The van der Waals surface area contributed by atoms with Crippen LogP contribution in [0.2, 0.25) is 0 Å². The van der Waals surface area contributed by atoms with Crippen molar-refractivity contribution in [2.45, 2.75) is 37.7 Å². The Morgan fingerprint density at radius 3 is 3.00 bits per heavy atom. The first kappa shape index (κ1) is 15.6.